The van der Waals surface area contributed by atoms with Crippen LogP contribution in [-0.2, 0) is 16.0 Å². The number of aliphatic carboxylic acids is 1. The van der Waals surface area contributed by atoms with Gasteiger partial charge in [0, 0.05) is 25.1 Å². The van der Waals surface area contributed by atoms with Crippen molar-refractivity contribution >= 4 is 29.5 Å². The molecule has 10 nitrogen and oxygen atoms in total. The van der Waals surface area contributed by atoms with Crippen LogP contribution in [-0.4, -0.2) is 70.9 Å². The van der Waals surface area contributed by atoms with Crippen LogP contribution in [0.1, 0.15) is 37.8 Å². The number of ether oxygens (including phenoxy) is 3. The van der Waals surface area contributed by atoms with Crippen molar-refractivity contribution in [2.24, 2.45) is 0 Å². The summed E-state index contributed by atoms with van der Waals surface area (Å²) >= 11 is 1.82. The molecule has 0 bridgehead atoms. The van der Waals surface area contributed by atoms with Gasteiger partial charge in [-0.2, -0.15) is 11.8 Å². The van der Waals surface area contributed by atoms with Crippen LogP contribution >= 0.6 is 11.8 Å². The molecule has 0 saturated carbocycles. The van der Waals surface area contributed by atoms with Gasteiger partial charge in [0.05, 0.1) is 17.5 Å². The number of rotatable bonds is 17. The molecule has 0 spiro atoms. The first-order valence-electron chi connectivity index (χ1n) is 12.6. The van der Waals surface area contributed by atoms with E-state index in [9.17, 15) is 24.8 Å². The summed E-state index contributed by atoms with van der Waals surface area (Å²) in [5, 5.41) is 20.5. The maximum atomic E-state index is 12.9. The second-order valence-corrected chi connectivity index (χ2v) is 9.73. The van der Waals surface area contributed by atoms with E-state index in [0.29, 0.717) is 24.5 Å². The number of amides is 1. The third-order valence-corrected chi connectivity index (χ3v) is 6.80. The van der Waals surface area contributed by atoms with E-state index in [1.807, 2.05) is 11.8 Å². The number of carboxylic acid groups (broad SMARTS) is 1. The van der Waals surface area contributed by atoms with Crippen LogP contribution in [0.15, 0.2) is 42.5 Å². The van der Waals surface area contributed by atoms with E-state index in [-0.39, 0.29) is 31.0 Å². The van der Waals surface area contributed by atoms with Gasteiger partial charge in [-0.3, -0.25) is 10.1 Å². The monoisotopic (exact) mass is 548 g/mol. The average Bonchev–Trinajstić information content (AvgIpc) is 2.89. The van der Waals surface area contributed by atoms with E-state index >= 15 is 0 Å². The molecular formula is C27H36N2O8S. The highest BCUT2D eigenvalue weighted by molar-refractivity contribution is 7.99. The number of benzene rings is 2. The molecule has 0 aromatic heterocycles. The number of hydrogen-bond donors (Lipinski definition) is 1. The predicted octanol–water partition coefficient (Wildman–Crippen LogP) is 5.35. The maximum Gasteiger partial charge on any atom is 0.415 e. The molecule has 0 fully saturated rings. The molecule has 1 N–H and O–H groups in total. The van der Waals surface area contributed by atoms with Gasteiger partial charge in [0.25, 0.3) is 5.69 Å². The van der Waals surface area contributed by atoms with Gasteiger partial charge in [-0.25, -0.2) is 9.59 Å². The fraction of sp³-hybridized carbons (Fsp3) is 0.481. The van der Waals surface area contributed by atoms with Crippen LogP contribution in [0.3, 0.4) is 0 Å². The highest BCUT2D eigenvalue weighted by Crippen LogP contribution is 2.24. The van der Waals surface area contributed by atoms with Gasteiger partial charge >= 0.3 is 12.1 Å². The van der Waals surface area contributed by atoms with Gasteiger partial charge in [0.15, 0.2) is 6.10 Å². The summed E-state index contributed by atoms with van der Waals surface area (Å²) in [6, 6.07) is 11.4. The molecule has 0 radical (unpaired) electrons. The first-order chi connectivity index (χ1) is 18.2. The number of nitrogens with zero attached hydrogens (tertiary/aromatic N) is 2. The number of nitro groups is 1. The number of aryl methyl sites for hydroxylation is 1. The van der Waals surface area contributed by atoms with E-state index in [1.54, 1.807) is 44.2 Å². The Morgan fingerprint density at radius 3 is 2.42 bits per heavy atom. The minimum Gasteiger partial charge on any atom is -0.492 e. The van der Waals surface area contributed by atoms with Gasteiger partial charge in [0.2, 0.25) is 0 Å². The fourth-order valence-corrected chi connectivity index (χ4v) is 4.37. The zero-order valence-corrected chi connectivity index (χ0v) is 22.9. The van der Waals surface area contributed by atoms with E-state index in [2.05, 4.69) is 6.92 Å². The molecule has 38 heavy (non-hydrogen) atoms. The summed E-state index contributed by atoms with van der Waals surface area (Å²) in [6.45, 7) is 6.73. The first-order valence-corrected chi connectivity index (χ1v) is 13.8. The molecule has 0 aliphatic heterocycles. The lowest BCUT2D eigenvalue weighted by molar-refractivity contribution is -0.385. The Morgan fingerprint density at radius 2 is 1.79 bits per heavy atom. The highest BCUT2D eigenvalue weighted by atomic mass is 32.2. The summed E-state index contributed by atoms with van der Waals surface area (Å²) in [7, 11) is 0. The average molecular weight is 549 g/mol. The highest BCUT2D eigenvalue weighted by Gasteiger charge is 2.20. The van der Waals surface area contributed by atoms with Crippen LogP contribution in [0.4, 0.5) is 10.5 Å². The number of hydrogen-bond acceptors (Lipinski definition) is 8. The lowest BCUT2D eigenvalue weighted by atomic mass is 10.1. The molecule has 0 aliphatic rings. The zero-order valence-electron chi connectivity index (χ0n) is 22.1. The lowest BCUT2D eigenvalue weighted by Crippen LogP contribution is -2.37. The molecule has 1 atom stereocenters. The summed E-state index contributed by atoms with van der Waals surface area (Å²) < 4.78 is 16.5. The van der Waals surface area contributed by atoms with Crippen molar-refractivity contribution in [1.29, 1.82) is 0 Å². The van der Waals surface area contributed by atoms with E-state index in [1.165, 1.54) is 17.0 Å². The normalized spacial score (nSPS) is 11.6. The third-order valence-electron chi connectivity index (χ3n) is 5.52. The SMILES string of the molecule is CCCSCCCN(CCOc1ccc(CC(OCC)C(=O)O)cc1)C(=O)Oc1ccc(C)c([N+](=O)[O-])c1. The lowest BCUT2D eigenvalue weighted by Gasteiger charge is -2.22. The molecule has 1 amide bonds. The Balaban J connectivity index is 1.97. The van der Waals surface area contributed by atoms with E-state index in [4.69, 9.17) is 14.2 Å². The fourth-order valence-electron chi connectivity index (χ4n) is 3.54. The Kier molecular flexibility index (Phi) is 13.4. The van der Waals surface area contributed by atoms with Crippen LogP contribution in [0, 0.1) is 17.0 Å². The van der Waals surface area contributed by atoms with Crippen molar-refractivity contribution in [1.82, 2.24) is 4.90 Å². The number of carboxylic acids is 1. The molecule has 1 unspecified atom stereocenters. The van der Waals surface area contributed by atoms with Gasteiger partial charge < -0.3 is 24.2 Å². The Hall–Kier alpha value is -3.31. The summed E-state index contributed by atoms with van der Waals surface area (Å²) in [4.78, 5) is 36.5. The topological polar surface area (TPSA) is 128 Å². The van der Waals surface area contributed by atoms with Crippen LogP contribution in [0.25, 0.3) is 0 Å². The van der Waals surface area contributed by atoms with Gasteiger partial charge in [-0.15, -0.1) is 0 Å². The van der Waals surface area contributed by atoms with Crippen molar-refractivity contribution in [3.8, 4) is 11.5 Å². The number of thioether (sulfide) groups is 1. The largest absolute Gasteiger partial charge is 0.492 e. The number of carbonyl (C=O) groups is 2. The summed E-state index contributed by atoms with van der Waals surface area (Å²) in [6.07, 6.45) is 0.594. The van der Waals surface area contributed by atoms with E-state index in [0.717, 1.165) is 29.9 Å². The van der Waals surface area contributed by atoms with Gasteiger partial charge in [-0.1, -0.05) is 19.1 Å². The van der Waals surface area contributed by atoms with Crippen molar-refractivity contribution in [2.75, 3.05) is 37.8 Å². The smallest absolute Gasteiger partial charge is 0.415 e. The molecule has 2 aromatic rings. The Morgan fingerprint density at radius 1 is 1.08 bits per heavy atom. The summed E-state index contributed by atoms with van der Waals surface area (Å²) in [5.74, 6) is 1.63. The first kappa shape index (κ1) is 30.9. The van der Waals surface area contributed by atoms with Gasteiger partial charge in [0.1, 0.15) is 18.1 Å². The van der Waals surface area contributed by atoms with Crippen molar-refractivity contribution in [2.45, 2.75) is 46.1 Å². The Labute approximate surface area is 227 Å². The molecule has 0 aliphatic carbocycles. The quantitative estimate of drug-likeness (QED) is 0.158. The minimum atomic E-state index is -1.01. The van der Waals surface area contributed by atoms with Crippen LogP contribution < -0.4 is 9.47 Å². The molecule has 11 heteroatoms. The molecule has 0 heterocycles. The third kappa shape index (κ3) is 10.6. The van der Waals surface area contributed by atoms with Crippen molar-refractivity contribution in [3.05, 3.63) is 63.7 Å². The second-order valence-electron chi connectivity index (χ2n) is 8.51. The number of nitro benzene ring substituents is 1. The van der Waals surface area contributed by atoms with Crippen molar-refractivity contribution in [3.63, 3.8) is 0 Å². The molecule has 0 saturated heterocycles. The Bertz CT molecular complexity index is 1050. The molecule has 2 aromatic carbocycles. The van der Waals surface area contributed by atoms with Crippen molar-refractivity contribution < 1.29 is 33.8 Å². The number of carbonyl (C=O) groups excluding carboxylic acids is 1. The van der Waals surface area contributed by atoms with Crippen LogP contribution in [0.2, 0.25) is 0 Å². The molecule has 2 rings (SSSR count). The standard InChI is InChI=1S/C27H36N2O8S/c1-4-16-38-17-6-13-28(27(32)37-23-10-7-20(3)24(19-23)29(33)34)14-15-36-22-11-8-21(9-12-22)18-25(26(30)31)35-5-2/h7-12,19,25H,4-6,13-18H2,1-3H3,(H,30,31). The zero-order chi connectivity index (χ0) is 27.9. The van der Waals surface area contributed by atoms with E-state index < -0.39 is 23.1 Å². The molecule has 208 valence electrons. The minimum absolute atomic E-state index is 0.111. The second kappa shape index (κ2) is 16.5. The van der Waals surface area contributed by atoms with Gasteiger partial charge in [-0.05, 0) is 68.0 Å². The van der Waals surface area contributed by atoms with Crippen LogP contribution in [0.5, 0.6) is 11.5 Å². The predicted molar refractivity (Wildman–Crippen MR) is 146 cm³/mol. The maximum absolute atomic E-state index is 12.9. The summed E-state index contributed by atoms with van der Waals surface area (Å²) in [5.41, 5.74) is 1.18. The molecular weight excluding hydrogens is 512 g/mol.